The maximum atomic E-state index is 13.6. The molecule has 0 unspecified atom stereocenters. The second-order valence-electron chi connectivity index (χ2n) is 7.33. The molecule has 0 atom stereocenters. The zero-order valence-corrected chi connectivity index (χ0v) is 17.9. The van der Waals surface area contributed by atoms with Crippen LogP contribution in [-0.4, -0.2) is 36.9 Å². The molecule has 1 amide bonds. The quantitative estimate of drug-likeness (QED) is 0.479. The molecule has 9 heteroatoms. The van der Waals surface area contributed by atoms with Gasteiger partial charge in [0.1, 0.15) is 5.82 Å². The molecule has 0 fully saturated rings. The van der Waals surface area contributed by atoms with Crippen molar-refractivity contribution in [2.45, 2.75) is 12.7 Å². The van der Waals surface area contributed by atoms with Crippen molar-refractivity contribution < 1.29 is 18.0 Å². The van der Waals surface area contributed by atoms with Crippen molar-refractivity contribution >= 4 is 28.8 Å². The van der Waals surface area contributed by atoms with Gasteiger partial charge in [0.2, 0.25) is 0 Å². The first-order valence-corrected chi connectivity index (χ1v) is 9.84. The minimum atomic E-state index is -4.57. The van der Waals surface area contributed by atoms with E-state index in [9.17, 15) is 18.0 Å². The highest BCUT2D eigenvalue weighted by Gasteiger charge is 2.34. The molecule has 0 radical (unpaired) electrons. The number of hydrogen-bond acceptors (Lipinski definition) is 5. The molecule has 0 aliphatic carbocycles. The molecule has 3 rings (SSSR count). The lowest BCUT2D eigenvalue weighted by Gasteiger charge is -2.18. The van der Waals surface area contributed by atoms with E-state index >= 15 is 0 Å². The molecule has 0 spiro atoms. The zero-order chi connectivity index (χ0) is 23.3. The molecule has 0 saturated heterocycles. The number of alkyl halides is 3. The summed E-state index contributed by atoms with van der Waals surface area (Å²) >= 11 is 0. The van der Waals surface area contributed by atoms with Gasteiger partial charge in [-0.3, -0.25) is 4.79 Å². The van der Waals surface area contributed by atoms with E-state index in [1.54, 1.807) is 57.5 Å². The Kier molecular flexibility index (Phi) is 6.99. The number of halogens is 3. The summed E-state index contributed by atoms with van der Waals surface area (Å²) in [5.74, 6) is 0.0919. The van der Waals surface area contributed by atoms with Gasteiger partial charge in [0.25, 0.3) is 5.91 Å². The number of para-hydroxylation sites is 1. The fourth-order valence-electron chi connectivity index (χ4n) is 3.09. The van der Waals surface area contributed by atoms with Crippen LogP contribution in [0.1, 0.15) is 21.5 Å². The summed E-state index contributed by atoms with van der Waals surface area (Å²) in [6.07, 6.45) is -3.77. The molecule has 0 aliphatic heterocycles. The number of benzene rings is 2. The Balaban J connectivity index is 1.90. The Morgan fingerprint density at radius 3 is 2.31 bits per heavy atom. The minimum absolute atomic E-state index is 0.113. The van der Waals surface area contributed by atoms with Gasteiger partial charge >= 0.3 is 6.18 Å². The van der Waals surface area contributed by atoms with Crippen molar-refractivity contribution in [2.24, 2.45) is 0 Å². The van der Waals surface area contributed by atoms with E-state index in [1.807, 2.05) is 12.1 Å². The lowest BCUT2D eigenvalue weighted by Crippen LogP contribution is -2.21. The van der Waals surface area contributed by atoms with Gasteiger partial charge in [-0.1, -0.05) is 18.2 Å². The number of nitrogens with one attached hydrogen (secondary N) is 3. The fraction of sp³-hybridized carbons (Fsp3) is 0.217. The van der Waals surface area contributed by atoms with Crippen molar-refractivity contribution in [2.75, 3.05) is 31.8 Å². The topological polar surface area (TPSA) is 69.3 Å². The Hall–Kier alpha value is -3.59. The summed E-state index contributed by atoms with van der Waals surface area (Å²) in [5, 5.41) is 8.90. The van der Waals surface area contributed by atoms with Gasteiger partial charge in [0.15, 0.2) is 0 Å². The first kappa shape index (κ1) is 23.1. The Morgan fingerprint density at radius 2 is 1.69 bits per heavy atom. The van der Waals surface area contributed by atoms with E-state index < -0.39 is 11.7 Å². The third-order valence-electron chi connectivity index (χ3n) is 4.67. The number of carbonyl (C=O) groups excluding carboxylic acids is 1. The number of rotatable bonds is 7. The van der Waals surface area contributed by atoms with Crippen molar-refractivity contribution in [3.63, 3.8) is 0 Å². The van der Waals surface area contributed by atoms with E-state index in [2.05, 4.69) is 20.9 Å². The highest BCUT2D eigenvalue weighted by Crippen LogP contribution is 2.37. The van der Waals surface area contributed by atoms with Crippen molar-refractivity contribution in [3.05, 3.63) is 77.5 Å². The molecule has 0 bridgehead atoms. The first-order chi connectivity index (χ1) is 15.2. The second kappa shape index (κ2) is 9.69. The largest absolute Gasteiger partial charge is 0.419 e. The van der Waals surface area contributed by atoms with Gasteiger partial charge in [-0.15, -0.1) is 0 Å². The smallest absolute Gasteiger partial charge is 0.355 e. The molecular weight excluding hydrogens is 419 g/mol. The predicted octanol–water partition coefficient (Wildman–Crippen LogP) is 5.01. The number of aromatic nitrogens is 1. The maximum Gasteiger partial charge on any atom is 0.419 e. The number of amides is 1. The molecular formula is C23H24F3N5O. The van der Waals surface area contributed by atoms with Gasteiger partial charge in [-0.05, 0) is 42.9 Å². The molecule has 3 N–H and O–H groups in total. The Morgan fingerprint density at radius 1 is 1.00 bits per heavy atom. The summed E-state index contributed by atoms with van der Waals surface area (Å²) in [7, 11) is 5.08. The van der Waals surface area contributed by atoms with Crippen LogP contribution in [0.5, 0.6) is 0 Å². The van der Waals surface area contributed by atoms with Crippen molar-refractivity contribution in [3.8, 4) is 0 Å². The van der Waals surface area contributed by atoms with Gasteiger partial charge < -0.3 is 20.9 Å². The Labute approximate surface area is 184 Å². The molecule has 1 aromatic heterocycles. The van der Waals surface area contributed by atoms with E-state index in [0.29, 0.717) is 23.5 Å². The van der Waals surface area contributed by atoms with Crippen LogP contribution in [0, 0.1) is 0 Å². The summed E-state index contributed by atoms with van der Waals surface area (Å²) in [6.45, 7) is 0.499. The first-order valence-electron chi connectivity index (χ1n) is 9.84. The fourth-order valence-corrected chi connectivity index (χ4v) is 3.09. The summed E-state index contributed by atoms with van der Waals surface area (Å²) in [6, 6.07) is 15.1. The van der Waals surface area contributed by atoms with Crippen LogP contribution in [0.2, 0.25) is 0 Å². The number of carbonyl (C=O) groups is 1. The van der Waals surface area contributed by atoms with Gasteiger partial charge in [-0.25, -0.2) is 4.98 Å². The van der Waals surface area contributed by atoms with E-state index in [0.717, 1.165) is 11.8 Å². The van der Waals surface area contributed by atoms with E-state index in [-0.39, 0.29) is 17.4 Å². The van der Waals surface area contributed by atoms with Gasteiger partial charge in [-0.2, -0.15) is 13.2 Å². The molecule has 1 heterocycles. The molecule has 0 saturated carbocycles. The molecule has 2 aromatic carbocycles. The zero-order valence-electron chi connectivity index (χ0n) is 17.9. The average molecular weight is 443 g/mol. The second-order valence-corrected chi connectivity index (χ2v) is 7.33. The maximum absolute atomic E-state index is 13.6. The molecule has 168 valence electrons. The summed E-state index contributed by atoms with van der Waals surface area (Å²) < 4.78 is 40.8. The standard InChI is InChI=1S/C23H24F3N5O/c1-27-13-16-6-4-5-7-19(16)30-20-12-21(28-14-18(20)23(24,25)26)29-17-10-8-15(9-11-17)22(32)31(2)3/h4-12,14,27H,13H2,1-3H3,(H2,28,29,30). The third-order valence-corrected chi connectivity index (χ3v) is 4.67. The van der Waals surface area contributed by atoms with Crippen LogP contribution < -0.4 is 16.0 Å². The molecule has 6 nitrogen and oxygen atoms in total. The lowest BCUT2D eigenvalue weighted by atomic mass is 10.1. The summed E-state index contributed by atoms with van der Waals surface area (Å²) in [5.41, 5.74) is 1.51. The van der Waals surface area contributed by atoms with Crippen LogP contribution in [0.3, 0.4) is 0 Å². The predicted molar refractivity (Wildman–Crippen MR) is 119 cm³/mol. The molecule has 0 aliphatic rings. The van der Waals surface area contributed by atoms with Crippen LogP contribution >= 0.6 is 0 Å². The van der Waals surface area contributed by atoms with Crippen molar-refractivity contribution in [1.82, 2.24) is 15.2 Å². The van der Waals surface area contributed by atoms with E-state index in [4.69, 9.17) is 0 Å². The molecule has 32 heavy (non-hydrogen) atoms. The van der Waals surface area contributed by atoms with Gasteiger partial charge in [0.05, 0.1) is 11.3 Å². The third kappa shape index (κ3) is 5.55. The highest BCUT2D eigenvalue weighted by atomic mass is 19.4. The number of hydrogen-bond donors (Lipinski definition) is 3. The van der Waals surface area contributed by atoms with Crippen LogP contribution in [0.15, 0.2) is 60.8 Å². The average Bonchev–Trinajstić information content (AvgIpc) is 2.74. The Bertz CT molecular complexity index is 1080. The van der Waals surface area contributed by atoms with Gasteiger partial charge in [0, 0.05) is 49.8 Å². The normalized spacial score (nSPS) is 11.2. The van der Waals surface area contributed by atoms with Crippen LogP contribution in [-0.2, 0) is 12.7 Å². The SMILES string of the molecule is CNCc1ccccc1Nc1cc(Nc2ccc(C(=O)N(C)C)cc2)ncc1C(F)(F)F. The highest BCUT2D eigenvalue weighted by molar-refractivity contribution is 5.94. The van der Waals surface area contributed by atoms with E-state index in [1.165, 1.54) is 11.0 Å². The van der Waals surface area contributed by atoms with Crippen molar-refractivity contribution in [1.29, 1.82) is 0 Å². The molecule has 3 aromatic rings. The lowest BCUT2D eigenvalue weighted by molar-refractivity contribution is -0.137. The van der Waals surface area contributed by atoms with Crippen LogP contribution in [0.25, 0.3) is 0 Å². The number of nitrogens with zero attached hydrogens (tertiary/aromatic N) is 2. The van der Waals surface area contributed by atoms with Crippen LogP contribution in [0.4, 0.5) is 36.1 Å². The number of anilines is 4. The monoisotopic (exact) mass is 443 g/mol. The number of pyridine rings is 1. The minimum Gasteiger partial charge on any atom is -0.355 e. The summed E-state index contributed by atoms with van der Waals surface area (Å²) in [4.78, 5) is 17.4.